The maximum Gasteiger partial charge on any atom is 0.203 e. The summed E-state index contributed by atoms with van der Waals surface area (Å²) >= 11 is 0. The molecule has 2 atom stereocenters. The van der Waals surface area contributed by atoms with Crippen molar-refractivity contribution in [2.75, 3.05) is 11.9 Å². The summed E-state index contributed by atoms with van der Waals surface area (Å²) in [4.78, 5) is 4.62. The first-order chi connectivity index (χ1) is 9.20. The van der Waals surface area contributed by atoms with E-state index in [0.29, 0.717) is 0 Å². The molecular weight excluding hydrogens is 234 g/mol. The Labute approximate surface area is 117 Å². The molecule has 2 unspecified atom stereocenters. The molecule has 1 saturated carbocycles. The van der Waals surface area contributed by atoms with Crippen LogP contribution < -0.4 is 5.32 Å². The Morgan fingerprint density at radius 2 is 2.16 bits per heavy atom. The zero-order chi connectivity index (χ0) is 13.7. The second-order valence-corrected chi connectivity index (χ2v) is 6.16. The maximum absolute atomic E-state index is 4.62. The Balaban J connectivity index is 1.98. The Hall–Kier alpha value is -0.990. The molecule has 3 heteroatoms. The quantitative estimate of drug-likeness (QED) is 0.778. The second kappa shape index (κ2) is 6.97. The van der Waals surface area contributed by atoms with E-state index in [1.54, 1.807) is 0 Å². The van der Waals surface area contributed by atoms with Gasteiger partial charge in [0.05, 0.1) is 5.69 Å². The van der Waals surface area contributed by atoms with Crippen molar-refractivity contribution in [1.29, 1.82) is 0 Å². The summed E-state index contributed by atoms with van der Waals surface area (Å²) in [6, 6.07) is 0. The van der Waals surface area contributed by atoms with Gasteiger partial charge in [-0.25, -0.2) is 4.98 Å². The van der Waals surface area contributed by atoms with Gasteiger partial charge in [-0.2, -0.15) is 0 Å². The van der Waals surface area contributed by atoms with Gasteiger partial charge in [0.25, 0.3) is 0 Å². The number of aromatic nitrogens is 2. The Morgan fingerprint density at radius 3 is 2.89 bits per heavy atom. The first-order valence-corrected chi connectivity index (χ1v) is 7.98. The van der Waals surface area contributed by atoms with Crippen molar-refractivity contribution in [2.45, 2.75) is 65.8 Å². The fourth-order valence-corrected chi connectivity index (χ4v) is 3.12. The molecule has 1 heterocycles. The highest BCUT2D eigenvalue weighted by atomic mass is 15.2. The van der Waals surface area contributed by atoms with Gasteiger partial charge >= 0.3 is 0 Å². The number of nitrogens with one attached hydrogen (secondary N) is 1. The Morgan fingerprint density at radius 1 is 1.37 bits per heavy atom. The summed E-state index contributed by atoms with van der Waals surface area (Å²) in [6.45, 7) is 8.90. The van der Waals surface area contributed by atoms with Crippen molar-refractivity contribution in [3.05, 3.63) is 11.9 Å². The van der Waals surface area contributed by atoms with Crippen LogP contribution in [0.2, 0.25) is 0 Å². The molecule has 1 aromatic rings. The molecule has 2 rings (SSSR count). The van der Waals surface area contributed by atoms with E-state index < -0.39 is 0 Å². The molecule has 0 radical (unpaired) electrons. The van der Waals surface area contributed by atoms with Gasteiger partial charge in [0, 0.05) is 19.3 Å². The summed E-state index contributed by atoms with van der Waals surface area (Å²) < 4.78 is 2.34. The van der Waals surface area contributed by atoms with Crippen molar-refractivity contribution >= 4 is 5.95 Å². The predicted molar refractivity (Wildman–Crippen MR) is 81.5 cm³/mol. The lowest BCUT2D eigenvalue weighted by Gasteiger charge is -2.29. The summed E-state index contributed by atoms with van der Waals surface area (Å²) in [7, 11) is 0. The number of imidazole rings is 1. The number of aryl methyl sites for hydroxylation is 1. The zero-order valence-corrected chi connectivity index (χ0v) is 12.8. The van der Waals surface area contributed by atoms with Crippen LogP contribution in [0.1, 0.15) is 58.1 Å². The highest BCUT2D eigenvalue weighted by molar-refractivity contribution is 5.28. The largest absolute Gasteiger partial charge is 0.356 e. The third-order valence-corrected chi connectivity index (χ3v) is 4.43. The number of rotatable bonds is 6. The van der Waals surface area contributed by atoms with Gasteiger partial charge in [-0.05, 0) is 31.6 Å². The minimum absolute atomic E-state index is 0.828. The van der Waals surface area contributed by atoms with Gasteiger partial charge in [-0.1, -0.05) is 39.5 Å². The molecule has 1 aliphatic carbocycles. The van der Waals surface area contributed by atoms with Crippen molar-refractivity contribution in [1.82, 2.24) is 9.55 Å². The normalized spacial score (nSPS) is 23.5. The van der Waals surface area contributed by atoms with E-state index in [4.69, 9.17) is 0 Å². The van der Waals surface area contributed by atoms with Crippen LogP contribution in [0.15, 0.2) is 6.20 Å². The van der Waals surface area contributed by atoms with E-state index in [0.717, 1.165) is 36.6 Å². The Bertz CT molecular complexity index is 383. The number of unbranched alkanes of at least 4 members (excludes halogenated alkanes) is 1. The third kappa shape index (κ3) is 3.99. The topological polar surface area (TPSA) is 29.9 Å². The highest BCUT2D eigenvalue weighted by Crippen LogP contribution is 2.31. The standard InChI is InChI=1S/C16H29N3/c1-4-5-10-17-16-18-14(3)11-19(16)12-15-9-7-6-8-13(15)2/h11,13,15H,4-10,12H2,1-3H3,(H,17,18). The molecule has 19 heavy (non-hydrogen) atoms. The SMILES string of the molecule is CCCCNc1nc(C)cn1CC1CCCCC1C. The van der Waals surface area contributed by atoms with Gasteiger partial charge in [-0.15, -0.1) is 0 Å². The molecule has 108 valence electrons. The number of hydrogen-bond donors (Lipinski definition) is 1. The van der Waals surface area contributed by atoms with E-state index in [9.17, 15) is 0 Å². The first kappa shape index (κ1) is 14.4. The number of anilines is 1. The molecule has 1 aliphatic rings. The molecule has 0 aromatic carbocycles. The number of hydrogen-bond acceptors (Lipinski definition) is 2. The van der Waals surface area contributed by atoms with E-state index >= 15 is 0 Å². The van der Waals surface area contributed by atoms with Crippen LogP contribution in [0, 0.1) is 18.8 Å². The molecule has 0 amide bonds. The first-order valence-electron chi connectivity index (χ1n) is 7.98. The van der Waals surface area contributed by atoms with Crippen molar-refractivity contribution < 1.29 is 0 Å². The van der Waals surface area contributed by atoms with Gasteiger partial charge < -0.3 is 9.88 Å². The van der Waals surface area contributed by atoms with Crippen molar-refractivity contribution in [3.8, 4) is 0 Å². The number of nitrogens with zero attached hydrogens (tertiary/aromatic N) is 2. The smallest absolute Gasteiger partial charge is 0.203 e. The van der Waals surface area contributed by atoms with Crippen molar-refractivity contribution in [3.63, 3.8) is 0 Å². The van der Waals surface area contributed by atoms with Crippen LogP contribution in [0.4, 0.5) is 5.95 Å². The van der Waals surface area contributed by atoms with E-state index in [-0.39, 0.29) is 0 Å². The fourth-order valence-electron chi connectivity index (χ4n) is 3.12. The average molecular weight is 263 g/mol. The summed E-state index contributed by atoms with van der Waals surface area (Å²) in [5, 5.41) is 3.49. The molecule has 1 N–H and O–H groups in total. The molecular formula is C16H29N3. The lowest BCUT2D eigenvalue weighted by molar-refractivity contribution is 0.229. The van der Waals surface area contributed by atoms with Crippen LogP contribution in [-0.2, 0) is 6.54 Å². The lowest BCUT2D eigenvalue weighted by Crippen LogP contribution is -2.22. The van der Waals surface area contributed by atoms with Gasteiger partial charge in [0.1, 0.15) is 0 Å². The predicted octanol–water partition coefficient (Wildman–Crippen LogP) is 4.23. The van der Waals surface area contributed by atoms with Crippen molar-refractivity contribution in [2.24, 2.45) is 11.8 Å². The van der Waals surface area contributed by atoms with Crippen LogP contribution in [0.25, 0.3) is 0 Å². The van der Waals surface area contributed by atoms with Gasteiger partial charge in [-0.3, -0.25) is 0 Å². The molecule has 0 bridgehead atoms. The molecule has 0 saturated heterocycles. The minimum atomic E-state index is 0.828. The highest BCUT2D eigenvalue weighted by Gasteiger charge is 2.22. The van der Waals surface area contributed by atoms with E-state index in [1.165, 1.54) is 38.5 Å². The van der Waals surface area contributed by atoms with Crippen LogP contribution in [0.3, 0.4) is 0 Å². The lowest BCUT2D eigenvalue weighted by atomic mass is 9.80. The third-order valence-electron chi connectivity index (χ3n) is 4.43. The fraction of sp³-hybridized carbons (Fsp3) is 0.812. The Kier molecular flexibility index (Phi) is 5.29. The summed E-state index contributed by atoms with van der Waals surface area (Å²) in [6.07, 6.45) is 10.3. The van der Waals surface area contributed by atoms with Crippen LogP contribution in [0.5, 0.6) is 0 Å². The molecule has 3 nitrogen and oxygen atoms in total. The second-order valence-electron chi connectivity index (χ2n) is 6.16. The zero-order valence-electron chi connectivity index (χ0n) is 12.8. The van der Waals surface area contributed by atoms with Gasteiger partial charge in [0.2, 0.25) is 5.95 Å². The average Bonchev–Trinajstić information content (AvgIpc) is 2.73. The molecule has 0 aliphatic heterocycles. The van der Waals surface area contributed by atoms with Gasteiger partial charge in [0.15, 0.2) is 0 Å². The monoisotopic (exact) mass is 263 g/mol. The molecule has 1 fully saturated rings. The maximum atomic E-state index is 4.62. The minimum Gasteiger partial charge on any atom is -0.356 e. The van der Waals surface area contributed by atoms with Crippen LogP contribution in [-0.4, -0.2) is 16.1 Å². The van der Waals surface area contributed by atoms with E-state index in [1.807, 2.05) is 0 Å². The van der Waals surface area contributed by atoms with Crippen LogP contribution >= 0.6 is 0 Å². The molecule has 1 aromatic heterocycles. The summed E-state index contributed by atoms with van der Waals surface area (Å²) in [5.74, 6) is 2.76. The molecule has 0 spiro atoms. The summed E-state index contributed by atoms with van der Waals surface area (Å²) in [5.41, 5.74) is 1.13. The van der Waals surface area contributed by atoms with E-state index in [2.05, 4.69) is 41.8 Å².